The van der Waals surface area contributed by atoms with Gasteiger partial charge in [0.05, 0.1) is 23.9 Å². The van der Waals surface area contributed by atoms with Crippen molar-refractivity contribution in [3.05, 3.63) is 77.5 Å². The molecule has 1 aromatic heterocycles. The van der Waals surface area contributed by atoms with E-state index in [1.807, 2.05) is 4.90 Å². The lowest BCUT2D eigenvalue weighted by atomic mass is 10.1. The fraction of sp³-hybridized carbons (Fsp3) is 0.250. The SMILES string of the molecule is COc1ccccc1NC(=O)c1ccc(N2CCN(C(=O)c3ccccc3C(F)(F)F)CC2)nn1. The molecule has 2 aromatic carbocycles. The number of alkyl halides is 3. The van der Waals surface area contributed by atoms with Crippen LogP contribution in [0.2, 0.25) is 0 Å². The summed E-state index contributed by atoms with van der Waals surface area (Å²) in [5.74, 6) is -0.100. The van der Waals surface area contributed by atoms with Crippen LogP contribution >= 0.6 is 0 Å². The molecule has 0 spiro atoms. The highest BCUT2D eigenvalue weighted by Crippen LogP contribution is 2.32. The second-order valence-electron chi connectivity index (χ2n) is 7.75. The second-order valence-corrected chi connectivity index (χ2v) is 7.75. The number of ether oxygens (including phenoxy) is 1. The highest BCUT2D eigenvalue weighted by molar-refractivity contribution is 6.03. The molecule has 1 aliphatic heterocycles. The number of piperazine rings is 1. The van der Waals surface area contributed by atoms with Gasteiger partial charge in [0.25, 0.3) is 11.8 Å². The van der Waals surface area contributed by atoms with E-state index in [4.69, 9.17) is 4.74 Å². The Bertz CT molecular complexity index is 1210. The van der Waals surface area contributed by atoms with Gasteiger partial charge in [0.2, 0.25) is 0 Å². The van der Waals surface area contributed by atoms with Crippen molar-refractivity contribution in [3.63, 3.8) is 0 Å². The van der Waals surface area contributed by atoms with Crippen molar-refractivity contribution >= 4 is 23.3 Å². The van der Waals surface area contributed by atoms with Gasteiger partial charge in [-0.3, -0.25) is 9.59 Å². The Balaban J connectivity index is 1.38. The minimum Gasteiger partial charge on any atom is -0.495 e. The van der Waals surface area contributed by atoms with Gasteiger partial charge in [-0.25, -0.2) is 0 Å². The molecule has 3 aromatic rings. The molecular formula is C24H22F3N5O3. The zero-order valence-corrected chi connectivity index (χ0v) is 18.7. The predicted octanol–water partition coefficient (Wildman–Crippen LogP) is 3.72. The molecule has 182 valence electrons. The van der Waals surface area contributed by atoms with Crippen molar-refractivity contribution in [1.82, 2.24) is 15.1 Å². The third-order valence-electron chi connectivity index (χ3n) is 5.59. The van der Waals surface area contributed by atoms with E-state index >= 15 is 0 Å². The van der Waals surface area contributed by atoms with Crippen LogP contribution in [0.15, 0.2) is 60.7 Å². The van der Waals surface area contributed by atoms with Crippen LogP contribution in [0.3, 0.4) is 0 Å². The molecule has 1 aliphatic rings. The van der Waals surface area contributed by atoms with Gasteiger partial charge in [-0.1, -0.05) is 24.3 Å². The molecule has 0 saturated carbocycles. The first-order chi connectivity index (χ1) is 16.8. The van der Waals surface area contributed by atoms with Gasteiger partial charge in [-0.05, 0) is 36.4 Å². The molecule has 0 radical (unpaired) electrons. The zero-order valence-electron chi connectivity index (χ0n) is 18.7. The summed E-state index contributed by atoms with van der Waals surface area (Å²) < 4.78 is 45.1. The van der Waals surface area contributed by atoms with Crippen molar-refractivity contribution < 1.29 is 27.5 Å². The van der Waals surface area contributed by atoms with E-state index < -0.39 is 23.6 Å². The molecule has 0 bridgehead atoms. The van der Waals surface area contributed by atoms with E-state index in [1.54, 1.807) is 30.3 Å². The van der Waals surface area contributed by atoms with E-state index in [0.29, 0.717) is 30.3 Å². The zero-order chi connectivity index (χ0) is 25.0. The Morgan fingerprint density at radius 1 is 0.914 bits per heavy atom. The van der Waals surface area contributed by atoms with Crippen LogP contribution in [-0.2, 0) is 6.18 Å². The number of nitrogens with zero attached hydrogens (tertiary/aromatic N) is 4. The number of rotatable bonds is 5. The number of halogens is 3. The van der Waals surface area contributed by atoms with Crippen molar-refractivity contribution in [1.29, 1.82) is 0 Å². The fourth-order valence-corrected chi connectivity index (χ4v) is 3.78. The Hall–Kier alpha value is -4.15. The first-order valence-corrected chi connectivity index (χ1v) is 10.8. The van der Waals surface area contributed by atoms with Gasteiger partial charge in [0.15, 0.2) is 11.5 Å². The summed E-state index contributed by atoms with van der Waals surface area (Å²) in [4.78, 5) is 28.5. The number of para-hydroxylation sites is 2. The van der Waals surface area contributed by atoms with Gasteiger partial charge in [-0.15, -0.1) is 10.2 Å². The molecule has 0 unspecified atom stereocenters. The van der Waals surface area contributed by atoms with Crippen LogP contribution < -0.4 is 15.0 Å². The maximum absolute atomic E-state index is 13.3. The van der Waals surface area contributed by atoms with E-state index in [1.165, 1.54) is 36.3 Å². The lowest BCUT2D eigenvalue weighted by Crippen LogP contribution is -2.49. The van der Waals surface area contributed by atoms with E-state index in [2.05, 4.69) is 15.5 Å². The number of carbonyl (C=O) groups excluding carboxylic acids is 2. The third-order valence-corrected chi connectivity index (χ3v) is 5.59. The minimum absolute atomic E-state index is 0.109. The molecule has 1 N–H and O–H groups in total. The monoisotopic (exact) mass is 485 g/mol. The van der Waals surface area contributed by atoms with E-state index in [9.17, 15) is 22.8 Å². The van der Waals surface area contributed by atoms with Crippen molar-refractivity contribution in [3.8, 4) is 5.75 Å². The average molecular weight is 485 g/mol. The van der Waals surface area contributed by atoms with Gasteiger partial charge in [0.1, 0.15) is 5.75 Å². The number of amides is 2. The fourth-order valence-electron chi connectivity index (χ4n) is 3.78. The van der Waals surface area contributed by atoms with E-state index in [0.717, 1.165) is 6.07 Å². The van der Waals surface area contributed by atoms with Crippen molar-refractivity contribution in [2.45, 2.75) is 6.18 Å². The Labute approximate surface area is 199 Å². The Kier molecular flexibility index (Phi) is 6.85. The molecule has 0 atom stereocenters. The largest absolute Gasteiger partial charge is 0.495 e. The van der Waals surface area contributed by atoms with Crippen LogP contribution in [0.1, 0.15) is 26.4 Å². The van der Waals surface area contributed by atoms with Crippen LogP contribution in [0.5, 0.6) is 5.75 Å². The summed E-state index contributed by atoms with van der Waals surface area (Å²) in [6.07, 6.45) is -4.61. The van der Waals surface area contributed by atoms with E-state index in [-0.39, 0.29) is 24.3 Å². The topological polar surface area (TPSA) is 87.7 Å². The van der Waals surface area contributed by atoms with Crippen molar-refractivity contribution in [2.75, 3.05) is 43.5 Å². The number of anilines is 2. The molecule has 8 nitrogen and oxygen atoms in total. The van der Waals surface area contributed by atoms with Gasteiger partial charge in [-0.2, -0.15) is 13.2 Å². The molecule has 1 saturated heterocycles. The maximum Gasteiger partial charge on any atom is 0.417 e. The Morgan fingerprint density at radius 2 is 1.60 bits per heavy atom. The number of hydrogen-bond acceptors (Lipinski definition) is 6. The second kappa shape index (κ2) is 10.00. The first-order valence-electron chi connectivity index (χ1n) is 10.8. The lowest BCUT2D eigenvalue weighted by molar-refractivity contribution is -0.138. The third kappa shape index (κ3) is 5.34. The van der Waals surface area contributed by atoms with Crippen LogP contribution in [0.4, 0.5) is 24.7 Å². The van der Waals surface area contributed by atoms with Crippen LogP contribution in [-0.4, -0.2) is 60.2 Å². The first kappa shape index (κ1) is 24.0. The van der Waals surface area contributed by atoms with Gasteiger partial charge in [0, 0.05) is 26.2 Å². The maximum atomic E-state index is 13.3. The van der Waals surface area contributed by atoms with Gasteiger partial charge >= 0.3 is 6.18 Å². The molecule has 2 heterocycles. The smallest absolute Gasteiger partial charge is 0.417 e. The molecule has 1 fully saturated rings. The summed E-state index contributed by atoms with van der Waals surface area (Å²) in [6.45, 7) is 1.17. The molecule has 35 heavy (non-hydrogen) atoms. The minimum atomic E-state index is -4.61. The highest BCUT2D eigenvalue weighted by atomic mass is 19.4. The number of hydrogen-bond donors (Lipinski definition) is 1. The standard InChI is InChI=1S/C24H22F3N5O3/c1-35-20-9-5-4-8-18(20)28-22(33)19-10-11-21(30-29-19)31-12-14-32(15-13-31)23(34)16-6-2-3-7-17(16)24(25,26)27/h2-11H,12-15H2,1H3,(H,28,33). The summed E-state index contributed by atoms with van der Waals surface area (Å²) in [7, 11) is 1.50. The molecule has 0 aliphatic carbocycles. The number of carbonyl (C=O) groups is 2. The highest BCUT2D eigenvalue weighted by Gasteiger charge is 2.36. The summed E-state index contributed by atoms with van der Waals surface area (Å²) in [5, 5.41) is 10.8. The molecule has 11 heteroatoms. The number of nitrogens with one attached hydrogen (secondary N) is 1. The summed E-state index contributed by atoms with van der Waals surface area (Å²) in [5.41, 5.74) is -0.699. The number of aromatic nitrogens is 2. The van der Waals surface area contributed by atoms with Crippen molar-refractivity contribution in [2.24, 2.45) is 0 Å². The average Bonchev–Trinajstić information content (AvgIpc) is 2.88. The van der Waals surface area contributed by atoms with Crippen LogP contribution in [0, 0.1) is 0 Å². The lowest BCUT2D eigenvalue weighted by Gasteiger charge is -2.35. The van der Waals surface area contributed by atoms with Crippen LogP contribution in [0.25, 0.3) is 0 Å². The quantitative estimate of drug-likeness (QED) is 0.593. The number of methoxy groups -OCH3 is 1. The normalized spacial score (nSPS) is 13.9. The van der Waals surface area contributed by atoms with Gasteiger partial charge < -0.3 is 19.9 Å². The molecule has 4 rings (SSSR count). The molecular weight excluding hydrogens is 463 g/mol. The Morgan fingerprint density at radius 3 is 2.26 bits per heavy atom. The predicted molar refractivity (Wildman–Crippen MR) is 123 cm³/mol. The summed E-state index contributed by atoms with van der Waals surface area (Å²) >= 11 is 0. The summed E-state index contributed by atoms with van der Waals surface area (Å²) in [6, 6.07) is 14.9. The molecule has 2 amide bonds. The number of benzene rings is 2.